The van der Waals surface area contributed by atoms with Crippen LogP contribution in [-0.4, -0.2) is 17.7 Å². The summed E-state index contributed by atoms with van der Waals surface area (Å²) in [6.45, 7) is 3.88. The summed E-state index contributed by atoms with van der Waals surface area (Å²) in [5, 5.41) is 5.41. The van der Waals surface area contributed by atoms with Crippen molar-refractivity contribution in [1.82, 2.24) is 0 Å². The van der Waals surface area contributed by atoms with E-state index in [-0.39, 0.29) is 22.3 Å². The molecule has 2 N–H and O–H groups in total. The number of hydrogen-bond acceptors (Lipinski definition) is 4. The lowest BCUT2D eigenvalue weighted by molar-refractivity contribution is -0.120. The number of benzene rings is 3. The van der Waals surface area contributed by atoms with Gasteiger partial charge in [0.15, 0.2) is 0 Å². The number of carbonyl (C=O) groups excluding carboxylic acids is 3. The molecule has 0 radical (unpaired) electrons. The van der Waals surface area contributed by atoms with Crippen molar-refractivity contribution in [3.05, 3.63) is 100.0 Å². The minimum Gasteiger partial charge on any atom is -0.350 e. The number of halogens is 2. The SMILES string of the molecule is Cc1ccc(NC(=O)c2cccc(NC3=C(Cl)C(=O)N(c4ccc(F)cc4)C3=O)c2)c(C)c1. The highest BCUT2D eigenvalue weighted by molar-refractivity contribution is 6.53. The number of anilines is 3. The van der Waals surface area contributed by atoms with Gasteiger partial charge in [0.2, 0.25) is 0 Å². The van der Waals surface area contributed by atoms with Crippen molar-refractivity contribution in [2.24, 2.45) is 0 Å². The van der Waals surface area contributed by atoms with E-state index >= 15 is 0 Å². The molecule has 0 spiro atoms. The molecule has 0 saturated carbocycles. The fourth-order valence-electron chi connectivity index (χ4n) is 3.47. The first-order chi connectivity index (χ1) is 15.7. The van der Waals surface area contributed by atoms with Crippen molar-refractivity contribution >= 4 is 46.4 Å². The Kier molecular flexibility index (Phi) is 5.98. The summed E-state index contributed by atoms with van der Waals surface area (Å²) in [4.78, 5) is 39.0. The van der Waals surface area contributed by atoms with Crippen LogP contribution in [0.1, 0.15) is 21.5 Å². The van der Waals surface area contributed by atoms with Gasteiger partial charge in [-0.2, -0.15) is 0 Å². The zero-order valence-corrected chi connectivity index (χ0v) is 18.5. The highest BCUT2D eigenvalue weighted by Gasteiger charge is 2.39. The number of nitrogens with one attached hydrogen (secondary N) is 2. The highest BCUT2D eigenvalue weighted by atomic mass is 35.5. The van der Waals surface area contributed by atoms with Crippen LogP contribution in [0.25, 0.3) is 0 Å². The fraction of sp³-hybridized carbons (Fsp3) is 0.0800. The predicted molar refractivity (Wildman–Crippen MR) is 126 cm³/mol. The smallest absolute Gasteiger partial charge is 0.283 e. The Morgan fingerprint density at radius 2 is 1.67 bits per heavy atom. The summed E-state index contributed by atoms with van der Waals surface area (Å²) in [5.41, 5.74) is 3.54. The Balaban J connectivity index is 1.54. The largest absolute Gasteiger partial charge is 0.350 e. The van der Waals surface area contributed by atoms with Gasteiger partial charge < -0.3 is 10.6 Å². The Labute approximate surface area is 194 Å². The maximum atomic E-state index is 13.2. The van der Waals surface area contributed by atoms with Gasteiger partial charge in [-0.3, -0.25) is 14.4 Å². The molecular formula is C25H19ClFN3O3. The Morgan fingerprint density at radius 3 is 2.36 bits per heavy atom. The van der Waals surface area contributed by atoms with Crippen molar-refractivity contribution in [1.29, 1.82) is 0 Å². The van der Waals surface area contributed by atoms with E-state index in [0.29, 0.717) is 16.9 Å². The lowest BCUT2D eigenvalue weighted by Crippen LogP contribution is -2.32. The van der Waals surface area contributed by atoms with Gasteiger partial charge in [-0.05, 0) is 67.9 Å². The monoisotopic (exact) mass is 463 g/mol. The van der Waals surface area contributed by atoms with Crippen molar-refractivity contribution in [3.63, 3.8) is 0 Å². The second kappa shape index (κ2) is 8.88. The highest BCUT2D eigenvalue weighted by Crippen LogP contribution is 2.30. The molecule has 0 saturated heterocycles. The van der Waals surface area contributed by atoms with Crippen molar-refractivity contribution < 1.29 is 18.8 Å². The molecule has 0 fully saturated rings. The Bertz CT molecular complexity index is 1320. The number of imide groups is 1. The third kappa shape index (κ3) is 4.49. The Hall–Kier alpha value is -3.97. The van der Waals surface area contributed by atoms with Crippen LogP contribution in [-0.2, 0) is 9.59 Å². The van der Waals surface area contributed by atoms with Gasteiger partial charge >= 0.3 is 0 Å². The number of rotatable bonds is 5. The van der Waals surface area contributed by atoms with E-state index in [4.69, 9.17) is 11.6 Å². The molecule has 1 aliphatic heterocycles. The van der Waals surface area contributed by atoms with E-state index in [1.54, 1.807) is 24.3 Å². The van der Waals surface area contributed by atoms with Crippen LogP contribution in [0.5, 0.6) is 0 Å². The van der Waals surface area contributed by atoms with Gasteiger partial charge in [0.25, 0.3) is 17.7 Å². The van der Waals surface area contributed by atoms with E-state index in [2.05, 4.69) is 10.6 Å². The van der Waals surface area contributed by atoms with Crippen molar-refractivity contribution in [2.45, 2.75) is 13.8 Å². The summed E-state index contributed by atoms with van der Waals surface area (Å²) in [5.74, 6) is -2.22. The fourth-order valence-corrected chi connectivity index (χ4v) is 3.68. The van der Waals surface area contributed by atoms with Crippen LogP contribution in [0.3, 0.4) is 0 Å². The van der Waals surface area contributed by atoms with Gasteiger partial charge in [-0.25, -0.2) is 9.29 Å². The Morgan fingerprint density at radius 1 is 0.939 bits per heavy atom. The molecule has 0 bridgehead atoms. The van der Waals surface area contributed by atoms with E-state index in [1.165, 1.54) is 12.1 Å². The molecule has 0 aliphatic carbocycles. The van der Waals surface area contributed by atoms with Crippen LogP contribution in [0, 0.1) is 19.7 Å². The standard InChI is InChI=1S/C25H19ClFN3O3/c1-14-6-11-20(15(2)12-14)29-23(31)16-4-3-5-18(13-16)28-22-21(26)24(32)30(25(22)33)19-9-7-17(27)8-10-19/h3-13,28H,1-2H3,(H,29,31). The maximum Gasteiger partial charge on any atom is 0.283 e. The lowest BCUT2D eigenvalue weighted by atomic mass is 10.1. The summed E-state index contributed by atoms with van der Waals surface area (Å²) in [7, 11) is 0. The molecule has 3 aromatic rings. The van der Waals surface area contributed by atoms with Crippen LogP contribution >= 0.6 is 11.6 Å². The summed E-state index contributed by atoms with van der Waals surface area (Å²) in [6.07, 6.45) is 0. The molecule has 4 rings (SSSR count). The maximum absolute atomic E-state index is 13.2. The molecule has 3 aromatic carbocycles. The van der Waals surface area contributed by atoms with Crippen molar-refractivity contribution in [2.75, 3.05) is 15.5 Å². The predicted octanol–water partition coefficient (Wildman–Crippen LogP) is 5.13. The quantitative estimate of drug-likeness (QED) is 0.514. The molecule has 33 heavy (non-hydrogen) atoms. The summed E-state index contributed by atoms with van der Waals surface area (Å²) < 4.78 is 13.2. The van der Waals surface area contributed by atoms with E-state index in [9.17, 15) is 18.8 Å². The molecule has 0 aromatic heterocycles. The summed E-state index contributed by atoms with van der Waals surface area (Å²) in [6, 6.07) is 17.1. The molecule has 6 nitrogen and oxygen atoms in total. The molecule has 8 heteroatoms. The molecular weight excluding hydrogens is 445 g/mol. The molecule has 0 unspecified atom stereocenters. The first kappa shape index (κ1) is 22.2. The van der Waals surface area contributed by atoms with Crippen LogP contribution < -0.4 is 15.5 Å². The zero-order valence-electron chi connectivity index (χ0n) is 17.8. The van der Waals surface area contributed by atoms with Gasteiger partial charge in [-0.15, -0.1) is 0 Å². The number of hydrogen-bond donors (Lipinski definition) is 2. The number of carbonyl (C=O) groups is 3. The first-order valence-corrected chi connectivity index (χ1v) is 10.4. The van der Waals surface area contributed by atoms with Gasteiger partial charge in [0, 0.05) is 16.9 Å². The van der Waals surface area contributed by atoms with Crippen LogP contribution in [0.15, 0.2) is 77.5 Å². The molecule has 166 valence electrons. The third-order valence-corrected chi connectivity index (χ3v) is 5.49. The minimum atomic E-state index is -0.723. The van der Waals surface area contributed by atoms with Crippen LogP contribution in [0.4, 0.5) is 21.5 Å². The number of amides is 3. The normalized spacial score (nSPS) is 13.5. The third-order valence-electron chi connectivity index (χ3n) is 5.14. The second-order valence-electron chi connectivity index (χ2n) is 7.59. The lowest BCUT2D eigenvalue weighted by Gasteiger charge is -2.15. The molecule has 0 atom stereocenters. The molecule has 3 amide bonds. The van der Waals surface area contributed by atoms with E-state index in [1.807, 2.05) is 32.0 Å². The first-order valence-electron chi connectivity index (χ1n) is 10.0. The molecule has 1 heterocycles. The van der Waals surface area contributed by atoms with E-state index in [0.717, 1.165) is 28.2 Å². The minimum absolute atomic E-state index is 0.127. The second-order valence-corrected chi connectivity index (χ2v) is 7.97. The average Bonchev–Trinajstić information content (AvgIpc) is 3.00. The number of aryl methyl sites for hydroxylation is 2. The van der Waals surface area contributed by atoms with E-state index < -0.39 is 17.6 Å². The molecule has 1 aliphatic rings. The van der Waals surface area contributed by atoms with Gasteiger partial charge in [0.05, 0.1) is 5.69 Å². The summed E-state index contributed by atoms with van der Waals surface area (Å²) >= 11 is 6.14. The van der Waals surface area contributed by atoms with Gasteiger partial charge in [-0.1, -0.05) is 35.4 Å². The van der Waals surface area contributed by atoms with Crippen molar-refractivity contribution in [3.8, 4) is 0 Å². The zero-order chi connectivity index (χ0) is 23.7. The number of nitrogens with zero attached hydrogens (tertiary/aromatic N) is 1. The van der Waals surface area contributed by atoms with Crippen LogP contribution in [0.2, 0.25) is 0 Å². The van der Waals surface area contributed by atoms with Gasteiger partial charge in [0.1, 0.15) is 16.5 Å². The topological polar surface area (TPSA) is 78.5 Å². The average molecular weight is 464 g/mol.